The monoisotopic (exact) mass is 253 g/mol. The van der Waals surface area contributed by atoms with E-state index >= 15 is 0 Å². The van der Waals surface area contributed by atoms with Gasteiger partial charge in [-0.3, -0.25) is 19.9 Å². The molecule has 0 aliphatic rings. The van der Waals surface area contributed by atoms with E-state index in [1.807, 2.05) is 0 Å². The third kappa shape index (κ3) is 3.16. The Hall–Kier alpha value is -2.18. The molecule has 0 saturated carbocycles. The molecule has 1 aromatic rings. The lowest BCUT2D eigenvalue weighted by atomic mass is 10.0. The van der Waals surface area contributed by atoms with E-state index in [0.717, 1.165) is 6.20 Å². The molecule has 0 spiro atoms. The number of aliphatic carboxylic acids is 1. The van der Waals surface area contributed by atoms with Crippen LogP contribution in [0.1, 0.15) is 20.8 Å². The van der Waals surface area contributed by atoms with Gasteiger partial charge in [0, 0.05) is 11.7 Å². The molecule has 0 atom stereocenters. The highest BCUT2D eigenvalue weighted by atomic mass is 16.6. The van der Waals surface area contributed by atoms with Gasteiger partial charge >= 0.3 is 11.7 Å². The summed E-state index contributed by atoms with van der Waals surface area (Å²) in [6.07, 6.45) is 2.53. The van der Waals surface area contributed by atoms with E-state index in [4.69, 9.17) is 5.11 Å². The Morgan fingerprint density at radius 1 is 1.56 bits per heavy atom. The number of carboxylic acids is 1. The van der Waals surface area contributed by atoms with Crippen LogP contribution in [0.15, 0.2) is 18.5 Å². The summed E-state index contributed by atoms with van der Waals surface area (Å²) in [6.45, 7) is 5.06. The molecule has 0 aromatic carbocycles. The molecule has 1 N–H and O–H groups in total. The second-order valence-electron chi connectivity index (χ2n) is 4.77. The molecule has 18 heavy (non-hydrogen) atoms. The largest absolute Gasteiger partial charge is 0.480 e. The maximum atomic E-state index is 10.9. The van der Waals surface area contributed by atoms with Gasteiger partial charge in [0.05, 0.1) is 4.92 Å². The smallest absolute Gasteiger partial charge is 0.323 e. The first-order valence-corrected chi connectivity index (χ1v) is 5.31. The highest BCUT2D eigenvalue weighted by Crippen LogP contribution is 2.31. The summed E-state index contributed by atoms with van der Waals surface area (Å²) in [4.78, 5) is 26.4. The van der Waals surface area contributed by atoms with E-state index < -0.39 is 16.4 Å². The van der Waals surface area contributed by atoms with Crippen molar-refractivity contribution in [2.45, 2.75) is 26.3 Å². The highest BCUT2D eigenvalue weighted by molar-refractivity contribution is 5.76. The molecule has 0 unspecified atom stereocenters. The lowest BCUT2D eigenvalue weighted by Crippen LogP contribution is -2.45. The number of anilines is 1. The van der Waals surface area contributed by atoms with Crippen LogP contribution in [0.5, 0.6) is 0 Å². The molecule has 0 amide bonds. The topological polar surface area (TPSA) is 96.6 Å². The van der Waals surface area contributed by atoms with Crippen molar-refractivity contribution < 1.29 is 14.8 Å². The Bertz CT molecular complexity index is 468. The van der Waals surface area contributed by atoms with E-state index in [1.54, 1.807) is 20.8 Å². The Morgan fingerprint density at radius 2 is 2.17 bits per heavy atom. The lowest BCUT2D eigenvalue weighted by molar-refractivity contribution is -0.384. The number of carbonyl (C=O) groups is 1. The number of pyridine rings is 1. The van der Waals surface area contributed by atoms with Gasteiger partial charge in [0.25, 0.3) is 0 Å². The molecule has 0 bridgehead atoms. The summed E-state index contributed by atoms with van der Waals surface area (Å²) in [5.41, 5.74) is -0.497. The van der Waals surface area contributed by atoms with Gasteiger partial charge in [0.15, 0.2) is 0 Å². The van der Waals surface area contributed by atoms with Crippen molar-refractivity contribution in [2.24, 2.45) is 0 Å². The summed E-state index contributed by atoms with van der Waals surface area (Å²) in [7, 11) is 0. The molecular formula is C11H15N3O4. The fourth-order valence-electron chi connectivity index (χ4n) is 1.57. The molecule has 7 nitrogen and oxygen atoms in total. The minimum Gasteiger partial charge on any atom is -0.480 e. The van der Waals surface area contributed by atoms with E-state index in [-0.39, 0.29) is 17.9 Å². The van der Waals surface area contributed by atoms with E-state index in [2.05, 4.69) is 4.98 Å². The predicted molar refractivity (Wildman–Crippen MR) is 65.6 cm³/mol. The molecule has 7 heteroatoms. The van der Waals surface area contributed by atoms with Crippen LogP contribution in [0.25, 0.3) is 0 Å². The number of nitro groups is 1. The Balaban J connectivity index is 3.29. The molecule has 0 radical (unpaired) electrons. The average Bonchev–Trinajstić information content (AvgIpc) is 2.24. The standard InChI is InChI=1S/C11H15N3O4/c1-11(2,3)13(7-10(15)16)8-4-5-12-6-9(8)14(17)18/h4-6H,7H2,1-3H3,(H,15,16). The summed E-state index contributed by atoms with van der Waals surface area (Å²) < 4.78 is 0. The summed E-state index contributed by atoms with van der Waals surface area (Å²) in [6, 6.07) is 1.45. The van der Waals surface area contributed by atoms with E-state index in [0.29, 0.717) is 0 Å². The summed E-state index contributed by atoms with van der Waals surface area (Å²) in [5, 5.41) is 19.8. The van der Waals surface area contributed by atoms with Crippen LogP contribution < -0.4 is 4.90 Å². The number of carboxylic acid groups (broad SMARTS) is 1. The summed E-state index contributed by atoms with van der Waals surface area (Å²) in [5.74, 6) is -1.05. The zero-order valence-electron chi connectivity index (χ0n) is 10.5. The van der Waals surface area contributed by atoms with Crippen molar-refractivity contribution in [3.8, 4) is 0 Å². The van der Waals surface area contributed by atoms with Gasteiger partial charge in [-0.05, 0) is 26.8 Å². The fourth-order valence-corrected chi connectivity index (χ4v) is 1.57. The van der Waals surface area contributed by atoms with Crippen molar-refractivity contribution in [1.29, 1.82) is 0 Å². The van der Waals surface area contributed by atoms with Gasteiger partial charge in [-0.25, -0.2) is 0 Å². The van der Waals surface area contributed by atoms with Gasteiger partial charge in [-0.2, -0.15) is 0 Å². The minimum atomic E-state index is -1.05. The van der Waals surface area contributed by atoms with Crippen LogP contribution in [0, 0.1) is 10.1 Å². The van der Waals surface area contributed by atoms with Gasteiger partial charge < -0.3 is 10.0 Å². The number of rotatable bonds is 4. The summed E-state index contributed by atoms with van der Waals surface area (Å²) >= 11 is 0. The zero-order valence-corrected chi connectivity index (χ0v) is 10.5. The predicted octanol–water partition coefficient (Wildman–Crippen LogP) is 1.68. The Kier molecular flexibility index (Phi) is 3.85. The fraction of sp³-hybridized carbons (Fsp3) is 0.455. The lowest BCUT2D eigenvalue weighted by Gasteiger charge is -2.35. The van der Waals surface area contributed by atoms with Gasteiger partial charge in [-0.1, -0.05) is 0 Å². The SMILES string of the molecule is CC(C)(C)N(CC(=O)O)c1ccncc1[N+](=O)[O-]. The first kappa shape index (κ1) is 13.9. The maximum Gasteiger partial charge on any atom is 0.323 e. The number of nitrogens with zero attached hydrogens (tertiary/aromatic N) is 3. The number of aromatic nitrogens is 1. The number of hydrogen-bond donors (Lipinski definition) is 1. The van der Waals surface area contributed by atoms with Gasteiger partial charge in [0.1, 0.15) is 18.4 Å². The average molecular weight is 253 g/mol. The van der Waals surface area contributed by atoms with Gasteiger partial charge in [0.2, 0.25) is 0 Å². The van der Waals surface area contributed by atoms with Gasteiger partial charge in [-0.15, -0.1) is 0 Å². The van der Waals surface area contributed by atoms with Crippen molar-refractivity contribution in [3.63, 3.8) is 0 Å². The molecule has 0 fully saturated rings. The maximum absolute atomic E-state index is 10.9. The van der Waals surface area contributed by atoms with Crippen LogP contribution in [0.2, 0.25) is 0 Å². The van der Waals surface area contributed by atoms with E-state index in [9.17, 15) is 14.9 Å². The van der Waals surface area contributed by atoms with Crippen LogP contribution in [0.3, 0.4) is 0 Å². The molecule has 0 aliphatic heterocycles. The number of hydrogen-bond acceptors (Lipinski definition) is 5. The first-order valence-electron chi connectivity index (χ1n) is 5.31. The molecular weight excluding hydrogens is 238 g/mol. The second kappa shape index (κ2) is 4.99. The Morgan fingerprint density at radius 3 is 2.61 bits per heavy atom. The molecule has 1 aromatic heterocycles. The minimum absolute atomic E-state index is 0.200. The van der Waals surface area contributed by atoms with Crippen LogP contribution in [-0.4, -0.2) is 33.1 Å². The van der Waals surface area contributed by atoms with Crippen molar-refractivity contribution >= 4 is 17.3 Å². The zero-order chi connectivity index (χ0) is 13.9. The van der Waals surface area contributed by atoms with E-state index in [1.165, 1.54) is 17.2 Å². The normalized spacial score (nSPS) is 11.1. The molecule has 1 rings (SSSR count). The van der Waals surface area contributed by atoms with Crippen LogP contribution in [0.4, 0.5) is 11.4 Å². The molecule has 98 valence electrons. The first-order chi connectivity index (χ1) is 8.23. The third-order valence-electron chi connectivity index (χ3n) is 2.37. The third-order valence-corrected chi connectivity index (χ3v) is 2.37. The Labute approximate surface area is 104 Å². The van der Waals surface area contributed by atoms with Crippen LogP contribution in [-0.2, 0) is 4.79 Å². The van der Waals surface area contributed by atoms with Crippen LogP contribution >= 0.6 is 0 Å². The highest BCUT2D eigenvalue weighted by Gasteiger charge is 2.29. The molecule has 1 heterocycles. The quantitative estimate of drug-likeness (QED) is 0.647. The van der Waals surface area contributed by atoms with Crippen molar-refractivity contribution in [3.05, 3.63) is 28.6 Å². The van der Waals surface area contributed by atoms with Crippen molar-refractivity contribution in [1.82, 2.24) is 4.98 Å². The van der Waals surface area contributed by atoms with Crippen molar-refractivity contribution in [2.75, 3.05) is 11.4 Å². The second-order valence-corrected chi connectivity index (χ2v) is 4.77. The molecule has 0 saturated heterocycles. The molecule has 0 aliphatic carbocycles.